The van der Waals surface area contributed by atoms with E-state index in [1.165, 1.54) is 7.11 Å². The lowest BCUT2D eigenvalue weighted by molar-refractivity contribution is -0.119. The van der Waals surface area contributed by atoms with Gasteiger partial charge in [-0.2, -0.15) is 0 Å². The fourth-order valence-electron chi connectivity index (χ4n) is 3.94. The number of hydrogen-bond acceptors (Lipinski definition) is 5. The van der Waals surface area contributed by atoms with Crippen molar-refractivity contribution in [2.24, 2.45) is 0 Å². The Morgan fingerprint density at radius 2 is 1.65 bits per heavy atom. The molecule has 0 aliphatic heterocycles. The quantitative estimate of drug-likeness (QED) is 0.356. The fraction of sp³-hybridized carbons (Fsp3) is 0.214. The second-order valence-electron chi connectivity index (χ2n) is 8.79. The highest BCUT2D eigenvalue weighted by atomic mass is 32.2. The molecule has 0 saturated heterocycles. The van der Waals surface area contributed by atoms with Gasteiger partial charge in [0, 0.05) is 24.6 Å². The Bertz CT molecular complexity index is 1490. The van der Waals surface area contributed by atoms with Gasteiger partial charge in [0.05, 0.1) is 17.7 Å². The van der Waals surface area contributed by atoms with Crippen LogP contribution in [0.1, 0.15) is 22.5 Å². The minimum Gasteiger partial charge on any atom is -0.495 e. The molecule has 0 unspecified atom stereocenters. The number of hydrogen-bond donors (Lipinski definition) is 1. The lowest BCUT2D eigenvalue weighted by atomic mass is 10.2. The van der Waals surface area contributed by atoms with E-state index in [0.717, 1.165) is 32.5 Å². The van der Waals surface area contributed by atoms with E-state index in [4.69, 9.17) is 4.74 Å². The summed E-state index contributed by atoms with van der Waals surface area (Å²) in [6, 6.07) is 19.5. The van der Waals surface area contributed by atoms with Gasteiger partial charge in [-0.15, -0.1) is 0 Å². The van der Waals surface area contributed by atoms with Gasteiger partial charge in [0.25, 0.3) is 10.0 Å². The summed E-state index contributed by atoms with van der Waals surface area (Å²) in [7, 11) is -2.58. The highest BCUT2D eigenvalue weighted by Gasteiger charge is 2.29. The number of carbonyl (C=O) groups is 1. The monoisotopic (exact) mass is 518 g/mol. The van der Waals surface area contributed by atoms with Crippen LogP contribution in [0, 0.1) is 20.8 Å². The Morgan fingerprint density at radius 3 is 2.27 bits per heavy atom. The number of rotatable bonds is 9. The van der Waals surface area contributed by atoms with E-state index in [0.29, 0.717) is 11.4 Å². The predicted molar refractivity (Wildman–Crippen MR) is 144 cm³/mol. The summed E-state index contributed by atoms with van der Waals surface area (Å²) in [5.74, 6) is 0.802. The number of aryl methyl sites for hydroxylation is 3. The van der Waals surface area contributed by atoms with E-state index in [1.54, 1.807) is 42.6 Å². The van der Waals surface area contributed by atoms with Crippen molar-refractivity contribution in [1.29, 1.82) is 0 Å². The highest BCUT2D eigenvalue weighted by molar-refractivity contribution is 7.92. The summed E-state index contributed by atoms with van der Waals surface area (Å²) < 4.78 is 35.9. The van der Waals surface area contributed by atoms with Crippen LogP contribution < -0.4 is 14.4 Å². The molecule has 1 aromatic heterocycles. The maximum atomic E-state index is 13.7. The average Bonchev–Trinajstić information content (AvgIpc) is 3.32. The third kappa shape index (κ3) is 5.83. The molecule has 1 amide bonds. The topological polar surface area (TPSA) is 93.5 Å². The molecule has 1 heterocycles. The first-order valence-corrected chi connectivity index (χ1v) is 13.2. The van der Waals surface area contributed by atoms with Crippen LogP contribution >= 0.6 is 0 Å². The number of nitrogens with zero attached hydrogens (tertiary/aromatic N) is 3. The first-order chi connectivity index (χ1) is 17.7. The van der Waals surface area contributed by atoms with Crippen molar-refractivity contribution in [2.45, 2.75) is 32.2 Å². The van der Waals surface area contributed by atoms with E-state index in [-0.39, 0.29) is 11.4 Å². The Morgan fingerprint density at radius 1 is 0.973 bits per heavy atom. The van der Waals surface area contributed by atoms with Gasteiger partial charge in [-0.1, -0.05) is 35.9 Å². The number of nitrogens with one attached hydrogen (secondary N) is 1. The standard InChI is InChI=1S/C28H30N4O4S/c1-20-5-12-25(13-6-20)37(34,35)32(26-17-21(2)7-14-27(26)36-4)19-28(33)30-18-23-8-10-24(11-9-23)31-16-15-29-22(31)3/h5-17H,18-19H2,1-4H3,(H,30,33). The minimum atomic E-state index is -4.05. The number of imidazole rings is 1. The van der Waals surface area contributed by atoms with Crippen molar-refractivity contribution in [3.8, 4) is 11.4 Å². The maximum Gasteiger partial charge on any atom is 0.264 e. The molecule has 0 aliphatic carbocycles. The van der Waals surface area contributed by atoms with Crippen molar-refractivity contribution in [1.82, 2.24) is 14.9 Å². The van der Waals surface area contributed by atoms with Crippen LogP contribution in [-0.2, 0) is 21.4 Å². The molecule has 9 heteroatoms. The second-order valence-corrected chi connectivity index (χ2v) is 10.6. The number of aromatic nitrogens is 2. The Hall–Kier alpha value is -4.11. The van der Waals surface area contributed by atoms with E-state index in [1.807, 2.05) is 61.9 Å². The van der Waals surface area contributed by atoms with Gasteiger partial charge in [0.1, 0.15) is 18.1 Å². The molecule has 0 fully saturated rings. The van der Waals surface area contributed by atoms with Gasteiger partial charge in [-0.3, -0.25) is 9.10 Å². The van der Waals surface area contributed by atoms with Crippen molar-refractivity contribution in [3.63, 3.8) is 0 Å². The van der Waals surface area contributed by atoms with Gasteiger partial charge in [-0.05, 0) is 68.3 Å². The summed E-state index contributed by atoms with van der Waals surface area (Å²) >= 11 is 0. The van der Waals surface area contributed by atoms with Crippen molar-refractivity contribution >= 4 is 21.6 Å². The van der Waals surface area contributed by atoms with Gasteiger partial charge in [-0.25, -0.2) is 13.4 Å². The molecule has 0 bridgehead atoms. The number of sulfonamides is 1. The van der Waals surface area contributed by atoms with Crippen LogP contribution in [0.15, 0.2) is 84.0 Å². The fourth-order valence-corrected chi connectivity index (χ4v) is 5.37. The van der Waals surface area contributed by atoms with Gasteiger partial charge in [0.2, 0.25) is 5.91 Å². The molecule has 0 aliphatic rings. The van der Waals surface area contributed by atoms with Crippen LogP contribution in [-0.4, -0.2) is 37.5 Å². The summed E-state index contributed by atoms with van der Waals surface area (Å²) in [5, 5.41) is 2.84. The van der Waals surface area contributed by atoms with Crippen LogP contribution in [0.25, 0.3) is 5.69 Å². The molecule has 0 radical (unpaired) electrons. The molecule has 0 atom stereocenters. The molecule has 37 heavy (non-hydrogen) atoms. The van der Waals surface area contributed by atoms with E-state index in [2.05, 4.69) is 10.3 Å². The molecule has 3 aromatic carbocycles. The smallest absolute Gasteiger partial charge is 0.264 e. The normalized spacial score (nSPS) is 11.2. The first kappa shape index (κ1) is 26.0. The molecule has 4 rings (SSSR count). The van der Waals surface area contributed by atoms with E-state index in [9.17, 15) is 13.2 Å². The Kier molecular flexibility index (Phi) is 7.63. The molecule has 1 N–H and O–H groups in total. The van der Waals surface area contributed by atoms with E-state index >= 15 is 0 Å². The van der Waals surface area contributed by atoms with E-state index < -0.39 is 22.5 Å². The zero-order valence-electron chi connectivity index (χ0n) is 21.3. The Balaban J connectivity index is 1.56. The molecule has 0 spiro atoms. The molecule has 8 nitrogen and oxygen atoms in total. The molecular formula is C28H30N4O4S. The molecule has 0 saturated carbocycles. The van der Waals surface area contributed by atoms with Crippen LogP contribution in [0.5, 0.6) is 5.75 Å². The van der Waals surface area contributed by atoms with Gasteiger partial charge in [0.15, 0.2) is 0 Å². The van der Waals surface area contributed by atoms with Gasteiger partial charge >= 0.3 is 0 Å². The molecule has 192 valence electrons. The van der Waals surface area contributed by atoms with Gasteiger partial charge < -0.3 is 14.6 Å². The lowest BCUT2D eigenvalue weighted by Gasteiger charge is -2.26. The highest BCUT2D eigenvalue weighted by Crippen LogP contribution is 2.33. The largest absolute Gasteiger partial charge is 0.495 e. The summed E-state index contributed by atoms with van der Waals surface area (Å²) in [4.78, 5) is 17.4. The maximum absolute atomic E-state index is 13.7. The number of methoxy groups -OCH3 is 1. The number of ether oxygens (including phenoxy) is 1. The number of carbonyl (C=O) groups excluding carboxylic acids is 1. The summed E-state index contributed by atoms with van der Waals surface area (Å²) in [5.41, 5.74) is 3.93. The molecule has 4 aromatic rings. The third-order valence-electron chi connectivity index (χ3n) is 6.03. The summed E-state index contributed by atoms with van der Waals surface area (Å²) in [6.07, 6.45) is 3.62. The van der Waals surface area contributed by atoms with Crippen LogP contribution in [0.2, 0.25) is 0 Å². The minimum absolute atomic E-state index is 0.0971. The van der Waals surface area contributed by atoms with Crippen molar-refractivity contribution in [3.05, 3.63) is 102 Å². The van der Waals surface area contributed by atoms with Crippen LogP contribution in [0.3, 0.4) is 0 Å². The molecular weight excluding hydrogens is 488 g/mol. The van der Waals surface area contributed by atoms with Crippen molar-refractivity contribution < 1.29 is 17.9 Å². The average molecular weight is 519 g/mol. The van der Waals surface area contributed by atoms with Crippen LogP contribution in [0.4, 0.5) is 5.69 Å². The third-order valence-corrected chi connectivity index (χ3v) is 7.80. The number of anilines is 1. The number of amides is 1. The lowest BCUT2D eigenvalue weighted by Crippen LogP contribution is -2.41. The number of benzene rings is 3. The Labute approximate surface area is 217 Å². The summed E-state index contributed by atoms with van der Waals surface area (Å²) in [6.45, 7) is 5.52. The first-order valence-electron chi connectivity index (χ1n) is 11.8. The second kappa shape index (κ2) is 10.9. The zero-order valence-corrected chi connectivity index (χ0v) is 22.1. The van der Waals surface area contributed by atoms with Crippen molar-refractivity contribution in [2.75, 3.05) is 18.0 Å². The SMILES string of the molecule is COc1ccc(C)cc1N(CC(=O)NCc1ccc(-n2ccnc2C)cc1)S(=O)(=O)c1ccc(C)cc1. The zero-order chi connectivity index (χ0) is 26.6. The predicted octanol–water partition coefficient (Wildman–Crippen LogP) is 4.32.